The van der Waals surface area contributed by atoms with Gasteiger partial charge >= 0.3 is 0 Å². The first-order valence-electron chi connectivity index (χ1n) is 6.70. The number of nitrogens with two attached hydrogens (primary N) is 1. The van der Waals surface area contributed by atoms with Crippen LogP contribution in [-0.4, -0.2) is 5.91 Å². The van der Waals surface area contributed by atoms with Crippen LogP contribution < -0.4 is 11.1 Å². The molecule has 19 heavy (non-hydrogen) atoms. The van der Waals surface area contributed by atoms with Crippen molar-refractivity contribution in [2.45, 2.75) is 45.6 Å². The highest BCUT2D eigenvalue weighted by Gasteiger charge is 2.40. The van der Waals surface area contributed by atoms with Crippen LogP contribution in [0.3, 0.4) is 0 Å². The molecular weight excluding hydrogens is 260 g/mol. The summed E-state index contributed by atoms with van der Waals surface area (Å²) in [5.74, 6) is 0.362. The molecule has 0 spiro atoms. The van der Waals surface area contributed by atoms with Crippen LogP contribution in [0.25, 0.3) is 0 Å². The molecule has 2 rings (SSSR count). The number of halogens is 1. The molecule has 0 radical (unpaired) electrons. The molecule has 1 aliphatic heterocycles. The Morgan fingerprint density at radius 2 is 2.05 bits per heavy atom. The first-order valence-corrected chi connectivity index (χ1v) is 7.07. The van der Waals surface area contributed by atoms with Gasteiger partial charge in [-0.3, -0.25) is 4.79 Å². The van der Waals surface area contributed by atoms with Crippen LogP contribution in [0, 0.1) is 5.92 Å². The van der Waals surface area contributed by atoms with Crippen molar-refractivity contribution in [2.24, 2.45) is 11.7 Å². The number of carbonyl (C=O) groups is 1. The molecule has 0 aromatic heterocycles. The Morgan fingerprint density at radius 3 is 2.63 bits per heavy atom. The van der Waals surface area contributed by atoms with E-state index in [0.717, 1.165) is 23.2 Å². The summed E-state index contributed by atoms with van der Waals surface area (Å²) in [6.07, 6.45) is 1.01. The van der Waals surface area contributed by atoms with Gasteiger partial charge in [-0.05, 0) is 37.0 Å². The minimum atomic E-state index is -0.551. The lowest BCUT2D eigenvalue weighted by Gasteiger charge is -2.22. The number of anilines is 1. The molecule has 1 amide bonds. The third-order valence-electron chi connectivity index (χ3n) is 4.23. The van der Waals surface area contributed by atoms with Crippen molar-refractivity contribution in [3.05, 3.63) is 28.3 Å². The molecule has 0 bridgehead atoms. The van der Waals surface area contributed by atoms with E-state index in [1.807, 2.05) is 26.0 Å². The molecule has 0 aliphatic carbocycles. The van der Waals surface area contributed by atoms with Crippen molar-refractivity contribution in [3.8, 4) is 0 Å². The highest BCUT2D eigenvalue weighted by Crippen LogP contribution is 2.43. The van der Waals surface area contributed by atoms with Gasteiger partial charge in [-0.2, -0.15) is 0 Å². The van der Waals surface area contributed by atoms with E-state index in [1.165, 1.54) is 0 Å². The van der Waals surface area contributed by atoms with Crippen molar-refractivity contribution in [1.29, 1.82) is 0 Å². The molecule has 2 atom stereocenters. The van der Waals surface area contributed by atoms with Crippen molar-refractivity contribution < 1.29 is 4.79 Å². The van der Waals surface area contributed by atoms with E-state index < -0.39 is 5.41 Å². The van der Waals surface area contributed by atoms with Crippen molar-refractivity contribution >= 4 is 23.2 Å². The predicted molar refractivity (Wildman–Crippen MR) is 79.5 cm³/mol. The van der Waals surface area contributed by atoms with Crippen LogP contribution in [0.2, 0.25) is 5.02 Å². The Bertz CT molecular complexity index is 525. The fraction of sp³-hybridized carbons (Fsp3) is 0.533. The molecule has 0 fully saturated rings. The number of hydrogen-bond donors (Lipinski definition) is 2. The lowest BCUT2D eigenvalue weighted by Crippen LogP contribution is -2.27. The van der Waals surface area contributed by atoms with Gasteiger partial charge in [-0.1, -0.05) is 37.9 Å². The van der Waals surface area contributed by atoms with E-state index in [2.05, 4.69) is 19.2 Å². The third kappa shape index (κ3) is 2.26. The summed E-state index contributed by atoms with van der Waals surface area (Å²) in [6, 6.07) is 3.84. The second-order valence-electron chi connectivity index (χ2n) is 5.92. The Labute approximate surface area is 119 Å². The standard InChI is InChI=1S/C15H21ClN2O/c1-5-8(2)12(17)9-6-10-13(11(16)7-9)18-14(19)15(10,3)4/h6-8,12H,5,17H2,1-4H3,(H,18,19). The van der Waals surface area contributed by atoms with Gasteiger partial charge in [-0.15, -0.1) is 0 Å². The maximum atomic E-state index is 12.0. The van der Waals surface area contributed by atoms with Crippen molar-refractivity contribution in [1.82, 2.24) is 0 Å². The van der Waals surface area contributed by atoms with Gasteiger partial charge in [0.1, 0.15) is 0 Å². The normalized spacial score (nSPS) is 19.8. The average Bonchev–Trinajstić information content (AvgIpc) is 2.60. The number of hydrogen-bond acceptors (Lipinski definition) is 2. The molecule has 104 valence electrons. The largest absolute Gasteiger partial charge is 0.324 e. The van der Waals surface area contributed by atoms with Crippen LogP contribution in [-0.2, 0) is 10.2 Å². The minimum absolute atomic E-state index is 0.0151. The Hall–Kier alpha value is -1.06. The summed E-state index contributed by atoms with van der Waals surface area (Å²) in [4.78, 5) is 12.0. The summed E-state index contributed by atoms with van der Waals surface area (Å²) >= 11 is 6.29. The van der Waals surface area contributed by atoms with E-state index in [1.54, 1.807) is 0 Å². The quantitative estimate of drug-likeness (QED) is 0.888. The fourth-order valence-corrected chi connectivity index (χ4v) is 2.69. The van der Waals surface area contributed by atoms with E-state index >= 15 is 0 Å². The van der Waals surface area contributed by atoms with E-state index in [-0.39, 0.29) is 11.9 Å². The van der Waals surface area contributed by atoms with Crippen molar-refractivity contribution in [2.75, 3.05) is 5.32 Å². The molecule has 1 aliphatic rings. The predicted octanol–water partition coefficient (Wildman–Crippen LogP) is 3.62. The molecule has 4 heteroatoms. The molecule has 3 nitrogen and oxygen atoms in total. The Morgan fingerprint density at radius 1 is 1.42 bits per heavy atom. The van der Waals surface area contributed by atoms with E-state index in [9.17, 15) is 4.79 Å². The molecule has 0 saturated carbocycles. The van der Waals surface area contributed by atoms with Crippen LogP contribution in [0.5, 0.6) is 0 Å². The van der Waals surface area contributed by atoms with Gasteiger partial charge in [0.25, 0.3) is 0 Å². The number of amides is 1. The van der Waals surface area contributed by atoms with Crippen LogP contribution in [0.4, 0.5) is 5.69 Å². The Balaban J connectivity index is 2.51. The van der Waals surface area contributed by atoms with Gasteiger partial charge < -0.3 is 11.1 Å². The number of benzene rings is 1. The highest BCUT2D eigenvalue weighted by molar-refractivity contribution is 6.35. The number of rotatable bonds is 3. The zero-order chi connectivity index (χ0) is 14.4. The summed E-state index contributed by atoms with van der Waals surface area (Å²) < 4.78 is 0. The molecule has 1 aromatic carbocycles. The summed E-state index contributed by atoms with van der Waals surface area (Å²) in [5, 5.41) is 3.43. The second-order valence-corrected chi connectivity index (χ2v) is 6.32. The van der Waals surface area contributed by atoms with Crippen molar-refractivity contribution in [3.63, 3.8) is 0 Å². The molecular formula is C15H21ClN2O. The van der Waals surface area contributed by atoms with E-state index in [0.29, 0.717) is 10.9 Å². The molecule has 1 aromatic rings. The van der Waals surface area contributed by atoms with Gasteiger partial charge in [0.15, 0.2) is 0 Å². The smallest absolute Gasteiger partial charge is 0.234 e. The van der Waals surface area contributed by atoms with Gasteiger partial charge in [0.05, 0.1) is 16.1 Å². The lowest BCUT2D eigenvalue weighted by molar-refractivity contribution is -0.119. The maximum Gasteiger partial charge on any atom is 0.234 e. The second kappa shape index (κ2) is 4.80. The minimum Gasteiger partial charge on any atom is -0.324 e. The zero-order valence-electron chi connectivity index (χ0n) is 11.9. The molecule has 3 N–H and O–H groups in total. The number of carbonyl (C=O) groups excluding carboxylic acids is 1. The zero-order valence-corrected chi connectivity index (χ0v) is 12.6. The average molecular weight is 281 g/mol. The monoisotopic (exact) mass is 280 g/mol. The molecule has 0 saturated heterocycles. The van der Waals surface area contributed by atoms with Gasteiger partial charge in [0, 0.05) is 6.04 Å². The lowest BCUT2D eigenvalue weighted by atomic mass is 9.83. The SMILES string of the molecule is CCC(C)C(N)c1cc(Cl)c2c(c1)C(C)(C)C(=O)N2. The first-order chi connectivity index (χ1) is 8.78. The number of fused-ring (bicyclic) bond motifs is 1. The van der Waals surface area contributed by atoms with Gasteiger partial charge in [0.2, 0.25) is 5.91 Å². The number of nitrogens with one attached hydrogen (secondary N) is 1. The van der Waals surface area contributed by atoms with E-state index in [4.69, 9.17) is 17.3 Å². The molecule has 1 heterocycles. The third-order valence-corrected chi connectivity index (χ3v) is 4.53. The van der Waals surface area contributed by atoms with Crippen LogP contribution in [0.15, 0.2) is 12.1 Å². The Kier molecular flexibility index (Phi) is 3.63. The van der Waals surface area contributed by atoms with Crippen LogP contribution >= 0.6 is 11.6 Å². The highest BCUT2D eigenvalue weighted by atomic mass is 35.5. The fourth-order valence-electron chi connectivity index (χ4n) is 2.41. The summed E-state index contributed by atoms with van der Waals surface area (Å²) in [6.45, 7) is 8.06. The summed E-state index contributed by atoms with van der Waals surface area (Å²) in [5.41, 5.74) is 8.40. The topological polar surface area (TPSA) is 55.1 Å². The van der Waals surface area contributed by atoms with Gasteiger partial charge in [-0.25, -0.2) is 0 Å². The van der Waals surface area contributed by atoms with Crippen LogP contribution in [0.1, 0.15) is 51.3 Å². The maximum absolute atomic E-state index is 12.0. The molecule has 2 unspecified atom stereocenters. The summed E-state index contributed by atoms with van der Waals surface area (Å²) in [7, 11) is 0. The first kappa shape index (κ1) is 14.4.